The van der Waals surface area contributed by atoms with Crippen LogP contribution in [0, 0.1) is 0 Å². The fourth-order valence-corrected chi connectivity index (χ4v) is 3.64. The lowest BCUT2D eigenvalue weighted by atomic mass is 10.1. The number of hydrogen-bond acceptors (Lipinski definition) is 5. The molecule has 1 aromatic carbocycles. The molecule has 1 fully saturated rings. The van der Waals surface area contributed by atoms with Crippen molar-refractivity contribution in [2.24, 2.45) is 5.73 Å². The van der Waals surface area contributed by atoms with Gasteiger partial charge in [-0.3, -0.25) is 10.1 Å². The molecule has 1 saturated carbocycles. The number of imidazole rings is 1. The number of primary amides is 1. The predicted octanol–water partition coefficient (Wildman–Crippen LogP) is 1.66. The molecular weight excluding hydrogens is 425 g/mol. The van der Waals surface area contributed by atoms with Crippen LogP contribution in [0.2, 0.25) is 0 Å². The van der Waals surface area contributed by atoms with Gasteiger partial charge in [-0.25, -0.2) is 4.98 Å². The van der Waals surface area contributed by atoms with Crippen molar-refractivity contribution < 1.29 is 27.4 Å². The van der Waals surface area contributed by atoms with Crippen molar-refractivity contribution in [2.45, 2.75) is 50.4 Å². The molecule has 0 spiro atoms. The summed E-state index contributed by atoms with van der Waals surface area (Å²) in [5.74, 6) is 0.427. The highest BCUT2D eigenvalue weighted by Gasteiger charge is 2.31. The molecule has 1 heterocycles. The summed E-state index contributed by atoms with van der Waals surface area (Å²) in [6, 6.07) is 5.00. The number of hydrogen-bond donors (Lipinski definition) is 2. The van der Waals surface area contributed by atoms with Crippen molar-refractivity contribution >= 4 is 18.1 Å². The first kappa shape index (κ1) is 21.9. The Morgan fingerprint density at radius 1 is 1.31 bits per heavy atom. The van der Waals surface area contributed by atoms with Gasteiger partial charge in [0.1, 0.15) is 29.5 Å². The van der Waals surface area contributed by atoms with Gasteiger partial charge in [-0.15, -0.1) is 19.8 Å². The third kappa shape index (κ3) is 5.13. The number of amides is 1. The number of fused-ring (bicyclic) bond motifs is 1. The van der Waals surface area contributed by atoms with Crippen LogP contribution in [0.5, 0.6) is 11.5 Å². The molecule has 170 valence electrons. The maximum Gasteiger partial charge on any atom is 0.573 e. The van der Waals surface area contributed by atoms with Gasteiger partial charge in [0.05, 0.1) is 17.2 Å². The first-order valence-electron chi connectivity index (χ1n) is 10.2. The normalized spacial score (nSPS) is 18.7. The summed E-state index contributed by atoms with van der Waals surface area (Å²) >= 11 is 0. The minimum Gasteiger partial charge on any atom is -0.486 e. The van der Waals surface area contributed by atoms with Crippen LogP contribution in [0.3, 0.4) is 0 Å². The number of benzene rings is 1. The van der Waals surface area contributed by atoms with Crippen LogP contribution >= 0.6 is 0 Å². The van der Waals surface area contributed by atoms with Crippen LogP contribution in [0.4, 0.5) is 13.2 Å². The minimum atomic E-state index is -4.73. The van der Waals surface area contributed by atoms with Gasteiger partial charge < -0.3 is 19.8 Å². The average Bonchev–Trinajstić information content (AvgIpc) is 3.49. The molecule has 2 aromatic rings. The van der Waals surface area contributed by atoms with Crippen LogP contribution in [0.15, 0.2) is 36.9 Å². The van der Waals surface area contributed by atoms with Gasteiger partial charge in [0, 0.05) is 12.5 Å². The van der Waals surface area contributed by atoms with Crippen LogP contribution in [-0.2, 0) is 11.3 Å². The minimum absolute atomic E-state index is 0.293. The summed E-state index contributed by atoms with van der Waals surface area (Å²) in [5.41, 5.74) is 5.36. The van der Waals surface area contributed by atoms with Crippen LogP contribution in [-0.4, -0.2) is 34.0 Å². The number of nitrogens with two attached hydrogens (primary N) is 1. The molecule has 1 aromatic heterocycles. The van der Waals surface area contributed by atoms with Crippen molar-refractivity contribution in [1.82, 2.24) is 14.9 Å². The summed E-state index contributed by atoms with van der Waals surface area (Å²) in [6.45, 7) is 3.98. The fourth-order valence-electron chi connectivity index (χ4n) is 3.64. The van der Waals surface area contributed by atoms with Crippen LogP contribution in [0.25, 0.3) is 12.2 Å². The van der Waals surface area contributed by atoms with Crippen molar-refractivity contribution in [3.8, 4) is 11.5 Å². The highest BCUT2D eigenvalue weighted by atomic mass is 19.4. The van der Waals surface area contributed by atoms with E-state index < -0.39 is 18.3 Å². The predicted molar refractivity (Wildman–Crippen MR) is 111 cm³/mol. The highest BCUT2D eigenvalue weighted by Crippen LogP contribution is 2.34. The number of alkyl halides is 3. The largest absolute Gasteiger partial charge is 0.573 e. The Labute approximate surface area is 182 Å². The summed E-state index contributed by atoms with van der Waals surface area (Å²) in [4.78, 5) is 16.2. The first-order chi connectivity index (χ1) is 15.2. The van der Waals surface area contributed by atoms with E-state index in [-0.39, 0.29) is 11.9 Å². The van der Waals surface area contributed by atoms with E-state index in [0.717, 1.165) is 29.4 Å². The number of nitrogens with zero attached hydrogens (tertiary/aromatic N) is 2. The molecule has 0 aliphatic heterocycles. The van der Waals surface area contributed by atoms with E-state index in [0.29, 0.717) is 24.8 Å². The van der Waals surface area contributed by atoms with Crippen molar-refractivity contribution in [3.63, 3.8) is 0 Å². The van der Waals surface area contributed by atoms with Crippen LogP contribution < -0.4 is 31.2 Å². The molecule has 0 bridgehead atoms. The van der Waals surface area contributed by atoms with E-state index in [1.165, 1.54) is 30.3 Å². The van der Waals surface area contributed by atoms with E-state index in [1.54, 1.807) is 0 Å². The Morgan fingerprint density at radius 2 is 2.00 bits per heavy atom. The second kappa shape index (κ2) is 8.70. The van der Waals surface area contributed by atoms with E-state index in [9.17, 15) is 18.0 Å². The molecule has 2 aliphatic rings. The summed E-state index contributed by atoms with van der Waals surface area (Å²) in [6.07, 6.45) is 3.03. The molecule has 32 heavy (non-hydrogen) atoms. The Balaban J connectivity index is 1.52. The van der Waals surface area contributed by atoms with E-state index in [1.807, 2.05) is 12.2 Å². The summed E-state index contributed by atoms with van der Waals surface area (Å²) in [7, 11) is 0. The molecule has 0 saturated heterocycles. The molecule has 1 amide bonds. The van der Waals surface area contributed by atoms with E-state index >= 15 is 0 Å². The van der Waals surface area contributed by atoms with E-state index in [2.05, 4.69) is 21.2 Å². The number of carbonyl (C=O) groups excluding carboxylic acids is 1. The number of aromatic nitrogens is 2. The second-order valence-corrected chi connectivity index (χ2v) is 7.68. The van der Waals surface area contributed by atoms with Gasteiger partial charge in [-0.1, -0.05) is 12.2 Å². The molecule has 4 rings (SSSR count). The molecule has 1 unspecified atom stereocenters. The van der Waals surface area contributed by atoms with Crippen molar-refractivity contribution in [3.05, 3.63) is 53.4 Å². The van der Waals surface area contributed by atoms with Crippen LogP contribution in [0.1, 0.15) is 31.1 Å². The Morgan fingerprint density at radius 3 is 2.59 bits per heavy atom. The number of carbonyl (C=O) groups is 1. The molecule has 2 atom stereocenters. The second-order valence-electron chi connectivity index (χ2n) is 7.68. The first-order valence-corrected chi connectivity index (χ1v) is 10.2. The number of halogens is 3. The molecule has 7 nitrogen and oxygen atoms in total. The lowest BCUT2D eigenvalue weighted by Gasteiger charge is -2.17. The highest BCUT2D eigenvalue weighted by molar-refractivity contribution is 5.81. The van der Waals surface area contributed by atoms with Gasteiger partial charge in [-0.2, -0.15) is 0 Å². The molecule has 0 radical (unpaired) electrons. The van der Waals surface area contributed by atoms with Gasteiger partial charge in [-0.05, 0) is 43.2 Å². The fraction of sp³-hybridized carbons (Fsp3) is 0.364. The maximum absolute atomic E-state index is 12.3. The monoisotopic (exact) mass is 448 g/mol. The van der Waals surface area contributed by atoms with Gasteiger partial charge in [0.15, 0.2) is 0 Å². The van der Waals surface area contributed by atoms with Gasteiger partial charge in [0.2, 0.25) is 5.91 Å². The molecule has 3 N–H and O–H groups in total. The third-order valence-electron chi connectivity index (χ3n) is 5.22. The zero-order valence-electron chi connectivity index (χ0n) is 17.1. The standard InChI is InChI=1S/C22H23F3N4O3/c1-2-17(21(26)30)27-12-20-28-18-10-9-16(11-19(18)29(20)13-3-4-13)31-14-5-7-15(8-6-14)32-22(23,24)25/h2,5-8,10-11,13,16-17,27H,1,3-4,9,12H2,(H2,26,30)/t16?,17-/m0/s1. The summed E-state index contributed by atoms with van der Waals surface area (Å²) in [5, 5.41) is 4.84. The Kier molecular flexibility index (Phi) is 5.96. The van der Waals surface area contributed by atoms with Crippen molar-refractivity contribution in [1.29, 1.82) is 0 Å². The van der Waals surface area contributed by atoms with Crippen molar-refractivity contribution in [2.75, 3.05) is 0 Å². The molecule has 10 heteroatoms. The number of rotatable bonds is 9. The van der Waals surface area contributed by atoms with Gasteiger partial charge in [0.25, 0.3) is 0 Å². The topological polar surface area (TPSA) is 91.4 Å². The Bertz CT molecular complexity index is 1120. The molecular formula is C22H23F3N4O3. The van der Waals surface area contributed by atoms with Gasteiger partial charge >= 0.3 is 6.36 Å². The smallest absolute Gasteiger partial charge is 0.486 e. The maximum atomic E-state index is 12.3. The Hall–Kier alpha value is -3.27. The zero-order valence-corrected chi connectivity index (χ0v) is 17.1. The zero-order chi connectivity index (χ0) is 22.9. The number of ether oxygens (including phenoxy) is 2. The average molecular weight is 448 g/mol. The SMILES string of the molecule is C=C[C@H](NCc1nc2c(n1C1CC1)=CC(Oc1ccc(OC(F)(F)F)cc1)CC=2)C(N)=O. The number of nitrogens with one attached hydrogen (secondary N) is 1. The molecule has 2 aliphatic carbocycles. The van der Waals surface area contributed by atoms with E-state index in [4.69, 9.17) is 15.5 Å². The quantitative estimate of drug-likeness (QED) is 0.570. The lowest BCUT2D eigenvalue weighted by Crippen LogP contribution is -2.40. The third-order valence-corrected chi connectivity index (χ3v) is 5.22. The summed E-state index contributed by atoms with van der Waals surface area (Å²) < 4.78 is 49.0. The lowest BCUT2D eigenvalue weighted by molar-refractivity contribution is -0.274.